The first-order valence-electron chi connectivity index (χ1n) is 10.1. The lowest BCUT2D eigenvalue weighted by atomic mass is 9.98. The van der Waals surface area contributed by atoms with Crippen molar-refractivity contribution < 1.29 is 13.2 Å². The highest BCUT2D eigenvalue weighted by Crippen LogP contribution is 2.26. The molecule has 4 rings (SSSR count). The van der Waals surface area contributed by atoms with E-state index in [1.54, 1.807) is 12.1 Å². The number of piperidine rings is 1. The monoisotopic (exact) mass is 440 g/mol. The molecule has 1 aromatic heterocycles. The van der Waals surface area contributed by atoms with Crippen LogP contribution in [0.5, 0.6) is 0 Å². The molecular weight excluding hydrogens is 416 g/mol. The Hall–Kier alpha value is -3.11. The summed E-state index contributed by atoms with van der Waals surface area (Å²) in [5, 5.41) is 13.9. The smallest absolute Gasteiger partial charge is 0.243 e. The number of anilines is 1. The fourth-order valence-corrected chi connectivity index (χ4v) is 5.39. The SMILES string of the molecule is Cc1cc(C)cc(NC(=O)C2CCCN(S(=O)(=O)c3ccc(-n4cnnn4)cc3)C2)c1. The van der Waals surface area contributed by atoms with Gasteiger partial charge in [0, 0.05) is 18.8 Å². The fourth-order valence-electron chi connectivity index (χ4n) is 3.87. The summed E-state index contributed by atoms with van der Waals surface area (Å²) in [6.45, 7) is 4.50. The van der Waals surface area contributed by atoms with Gasteiger partial charge in [-0.05, 0) is 84.6 Å². The van der Waals surface area contributed by atoms with Gasteiger partial charge in [0.05, 0.1) is 16.5 Å². The number of amides is 1. The Labute approximate surface area is 181 Å². The zero-order valence-corrected chi connectivity index (χ0v) is 18.2. The summed E-state index contributed by atoms with van der Waals surface area (Å²) in [5.74, 6) is -0.552. The van der Waals surface area contributed by atoms with Crippen LogP contribution >= 0.6 is 0 Å². The van der Waals surface area contributed by atoms with Crippen LogP contribution in [0.25, 0.3) is 5.69 Å². The molecule has 1 fully saturated rings. The molecule has 0 spiro atoms. The summed E-state index contributed by atoms with van der Waals surface area (Å²) in [4.78, 5) is 13.0. The second-order valence-electron chi connectivity index (χ2n) is 7.82. The van der Waals surface area contributed by atoms with Crippen LogP contribution in [0.4, 0.5) is 5.69 Å². The van der Waals surface area contributed by atoms with Gasteiger partial charge >= 0.3 is 0 Å². The number of tetrazole rings is 1. The molecule has 2 heterocycles. The van der Waals surface area contributed by atoms with Crippen LogP contribution in [0.1, 0.15) is 24.0 Å². The van der Waals surface area contributed by atoms with Gasteiger partial charge in [-0.25, -0.2) is 13.1 Å². The van der Waals surface area contributed by atoms with Gasteiger partial charge in [0.2, 0.25) is 15.9 Å². The maximum Gasteiger partial charge on any atom is 0.243 e. The number of carbonyl (C=O) groups is 1. The van der Waals surface area contributed by atoms with Crippen molar-refractivity contribution in [2.24, 2.45) is 5.92 Å². The summed E-state index contributed by atoms with van der Waals surface area (Å²) in [5.41, 5.74) is 3.52. The van der Waals surface area contributed by atoms with Crippen molar-refractivity contribution in [2.45, 2.75) is 31.6 Å². The third-order valence-electron chi connectivity index (χ3n) is 5.33. The normalized spacial score (nSPS) is 17.4. The number of hydrogen-bond acceptors (Lipinski definition) is 6. The van der Waals surface area contributed by atoms with Gasteiger partial charge in [-0.2, -0.15) is 4.31 Å². The highest BCUT2D eigenvalue weighted by Gasteiger charge is 2.33. The minimum atomic E-state index is -3.71. The van der Waals surface area contributed by atoms with Gasteiger partial charge in [0.15, 0.2) is 0 Å². The van der Waals surface area contributed by atoms with Crippen LogP contribution in [-0.4, -0.2) is 51.9 Å². The second-order valence-corrected chi connectivity index (χ2v) is 9.75. The maximum absolute atomic E-state index is 13.1. The van der Waals surface area contributed by atoms with Crippen molar-refractivity contribution in [1.82, 2.24) is 24.5 Å². The molecule has 162 valence electrons. The minimum absolute atomic E-state index is 0.154. The molecule has 1 unspecified atom stereocenters. The standard InChI is InChI=1S/C21H24N6O3S/c1-15-10-16(2)12-18(11-15)23-21(28)17-4-3-9-26(13-17)31(29,30)20-7-5-19(6-8-20)27-14-22-24-25-27/h5-8,10-12,14,17H,3-4,9,13H2,1-2H3,(H,23,28). The average Bonchev–Trinajstić information content (AvgIpc) is 3.28. The van der Waals surface area contributed by atoms with Crippen molar-refractivity contribution in [1.29, 1.82) is 0 Å². The van der Waals surface area contributed by atoms with Gasteiger partial charge < -0.3 is 5.32 Å². The highest BCUT2D eigenvalue weighted by molar-refractivity contribution is 7.89. The second kappa shape index (κ2) is 8.56. The fraction of sp³-hybridized carbons (Fsp3) is 0.333. The van der Waals surface area contributed by atoms with E-state index >= 15 is 0 Å². The van der Waals surface area contributed by atoms with E-state index in [1.165, 1.54) is 27.4 Å². The number of aryl methyl sites for hydroxylation is 2. The predicted molar refractivity (Wildman–Crippen MR) is 115 cm³/mol. The number of aromatic nitrogens is 4. The van der Waals surface area contributed by atoms with Crippen molar-refractivity contribution in [2.75, 3.05) is 18.4 Å². The summed E-state index contributed by atoms with van der Waals surface area (Å²) in [7, 11) is -3.71. The Bertz CT molecular complexity index is 1160. The van der Waals surface area contributed by atoms with Crippen LogP contribution in [0, 0.1) is 19.8 Å². The molecule has 0 radical (unpaired) electrons. The third-order valence-corrected chi connectivity index (χ3v) is 7.21. The summed E-state index contributed by atoms with van der Waals surface area (Å²) in [6, 6.07) is 12.2. The van der Waals surface area contributed by atoms with E-state index in [4.69, 9.17) is 0 Å². The van der Waals surface area contributed by atoms with Crippen molar-refractivity contribution >= 4 is 21.6 Å². The number of nitrogens with one attached hydrogen (secondary N) is 1. The summed E-state index contributed by atoms with van der Waals surface area (Å²) >= 11 is 0. The maximum atomic E-state index is 13.1. The highest BCUT2D eigenvalue weighted by atomic mass is 32.2. The zero-order chi connectivity index (χ0) is 22.0. The Balaban J connectivity index is 1.47. The molecule has 10 heteroatoms. The Morgan fingerprint density at radius 2 is 1.81 bits per heavy atom. The molecular formula is C21H24N6O3S. The van der Waals surface area contributed by atoms with Crippen molar-refractivity contribution in [3.63, 3.8) is 0 Å². The summed E-state index contributed by atoms with van der Waals surface area (Å²) in [6.07, 6.45) is 2.72. The lowest BCUT2D eigenvalue weighted by molar-refractivity contribution is -0.120. The Morgan fingerprint density at radius 1 is 1.10 bits per heavy atom. The van der Waals surface area contributed by atoms with E-state index in [2.05, 4.69) is 20.8 Å². The van der Waals surface area contributed by atoms with E-state index in [9.17, 15) is 13.2 Å². The lowest BCUT2D eigenvalue weighted by Crippen LogP contribution is -2.43. The Kier molecular flexibility index (Phi) is 5.84. The molecule has 1 aliphatic rings. The first-order valence-corrected chi connectivity index (χ1v) is 11.5. The van der Waals surface area contributed by atoms with E-state index in [1.807, 2.05) is 32.0 Å². The van der Waals surface area contributed by atoms with Crippen molar-refractivity contribution in [3.8, 4) is 5.69 Å². The number of benzene rings is 2. The average molecular weight is 441 g/mol. The molecule has 1 amide bonds. The number of rotatable bonds is 5. The quantitative estimate of drug-likeness (QED) is 0.652. The first-order chi connectivity index (χ1) is 14.8. The van der Waals surface area contributed by atoms with Gasteiger partial charge in [-0.3, -0.25) is 4.79 Å². The van der Waals surface area contributed by atoms with E-state index in [-0.39, 0.29) is 17.3 Å². The van der Waals surface area contributed by atoms with E-state index in [0.29, 0.717) is 25.1 Å². The molecule has 9 nitrogen and oxygen atoms in total. The predicted octanol–water partition coefficient (Wildman–Crippen LogP) is 2.32. The number of nitrogens with zero attached hydrogens (tertiary/aromatic N) is 5. The van der Waals surface area contributed by atoms with Gasteiger partial charge in [-0.15, -0.1) is 5.10 Å². The van der Waals surface area contributed by atoms with Crippen molar-refractivity contribution in [3.05, 3.63) is 59.9 Å². The molecule has 3 aromatic rings. The van der Waals surface area contributed by atoms with Crippen LogP contribution in [-0.2, 0) is 14.8 Å². The Morgan fingerprint density at radius 3 is 2.45 bits per heavy atom. The number of carbonyl (C=O) groups excluding carboxylic acids is 1. The minimum Gasteiger partial charge on any atom is -0.326 e. The van der Waals surface area contributed by atoms with Crippen LogP contribution < -0.4 is 5.32 Å². The van der Waals surface area contributed by atoms with Crippen LogP contribution in [0.2, 0.25) is 0 Å². The summed E-state index contributed by atoms with van der Waals surface area (Å²) < 4.78 is 29.1. The van der Waals surface area contributed by atoms with E-state index in [0.717, 1.165) is 16.8 Å². The largest absolute Gasteiger partial charge is 0.326 e. The number of hydrogen-bond donors (Lipinski definition) is 1. The molecule has 0 bridgehead atoms. The molecule has 31 heavy (non-hydrogen) atoms. The molecule has 1 aliphatic heterocycles. The topological polar surface area (TPSA) is 110 Å². The van der Waals surface area contributed by atoms with Crippen LogP contribution in [0.3, 0.4) is 0 Å². The van der Waals surface area contributed by atoms with Crippen LogP contribution in [0.15, 0.2) is 53.7 Å². The molecule has 1 saturated heterocycles. The lowest BCUT2D eigenvalue weighted by Gasteiger charge is -2.31. The zero-order valence-electron chi connectivity index (χ0n) is 17.4. The molecule has 2 aromatic carbocycles. The number of sulfonamides is 1. The van der Waals surface area contributed by atoms with Gasteiger partial charge in [0.1, 0.15) is 6.33 Å². The third kappa shape index (κ3) is 4.64. The molecule has 1 atom stereocenters. The van der Waals surface area contributed by atoms with E-state index < -0.39 is 15.9 Å². The molecule has 0 aliphatic carbocycles. The van der Waals surface area contributed by atoms with Gasteiger partial charge in [-0.1, -0.05) is 6.07 Å². The molecule has 1 N–H and O–H groups in total. The first kappa shape index (κ1) is 21.1. The van der Waals surface area contributed by atoms with Gasteiger partial charge in [0.25, 0.3) is 0 Å². The molecule has 0 saturated carbocycles.